The summed E-state index contributed by atoms with van der Waals surface area (Å²) in [6, 6.07) is 7.86. The number of amides is 1. The summed E-state index contributed by atoms with van der Waals surface area (Å²) in [6.07, 6.45) is 5.63. The lowest BCUT2D eigenvalue weighted by Crippen LogP contribution is -2.27. The van der Waals surface area contributed by atoms with Gasteiger partial charge in [0.1, 0.15) is 12.0 Å². The van der Waals surface area contributed by atoms with Gasteiger partial charge in [-0.1, -0.05) is 18.7 Å². The van der Waals surface area contributed by atoms with Gasteiger partial charge < -0.3 is 9.47 Å². The number of fused-ring (bicyclic) bond motifs is 1. The molecule has 3 aromatic rings. The van der Waals surface area contributed by atoms with Crippen LogP contribution in [-0.4, -0.2) is 38.4 Å². The van der Waals surface area contributed by atoms with Crippen molar-refractivity contribution in [2.45, 2.75) is 19.8 Å². The maximum atomic E-state index is 12.6. The molecule has 0 bridgehead atoms. The summed E-state index contributed by atoms with van der Waals surface area (Å²) in [6.45, 7) is 7.69. The first kappa shape index (κ1) is 16.5. The van der Waals surface area contributed by atoms with Crippen LogP contribution in [0.15, 0.2) is 37.2 Å². The highest BCUT2D eigenvalue weighted by atomic mass is 16.2. The van der Waals surface area contributed by atoms with Crippen LogP contribution in [0.4, 0.5) is 0 Å². The molecule has 0 atom stereocenters. The van der Waals surface area contributed by atoms with Gasteiger partial charge in [0.05, 0.1) is 11.4 Å². The van der Waals surface area contributed by atoms with Gasteiger partial charge in [-0.25, -0.2) is 9.97 Å². The van der Waals surface area contributed by atoms with Gasteiger partial charge in [0.2, 0.25) is 0 Å². The van der Waals surface area contributed by atoms with E-state index >= 15 is 0 Å². The van der Waals surface area contributed by atoms with Gasteiger partial charge in [0, 0.05) is 36.7 Å². The third-order valence-corrected chi connectivity index (χ3v) is 5.21. The van der Waals surface area contributed by atoms with Crippen molar-refractivity contribution in [2.24, 2.45) is 7.05 Å². The molecular weight excluding hydrogens is 324 g/mol. The van der Waals surface area contributed by atoms with E-state index in [0.29, 0.717) is 0 Å². The van der Waals surface area contributed by atoms with Crippen LogP contribution in [0.2, 0.25) is 0 Å². The standard InChI is InChI=1S/C21H22N4O/c1-4-17-19(18-14(2)22-13-23-20(18)24(17)3)15-7-9-16(10-8-15)21(26)25-11-5-6-12-25/h4,7-10,13H,1,5-6,11-12H2,2-3H3. The van der Waals surface area contributed by atoms with Gasteiger partial charge in [-0.15, -0.1) is 0 Å². The minimum absolute atomic E-state index is 0.121. The highest BCUT2D eigenvalue weighted by Gasteiger charge is 2.21. The summed E-state index contributed by atoms with van der Waals surface area (Å²) < 4.78 is 2.04. The summed E-state index contributed by atoms with van der Waals surface area (Å²) in [7, 11) is 1.99. The molecular formula is C21H22N4O. The van der Waals surface area contributed by atoms with Gasteiger partial charge in [0.15, 0.2) is 0 Å². The second kappa shape index (κ2) is 6.41. The molecule has 5 nitrogen and oxygen atoms in total. The first-order valence-corrected chi connectivity index (χ1v) is 8.94. The molecule has 1 aromatic carbocycles. The van der Waals surface area contributed by atoms with Gasteiger partial charge in [-0.05, 0) is 43.5 Å². The Morgan fingerprint density at radius 1 is 1.15 bits per heavy atom. The molecule has 5 heteroatoms. The molecule has 0 aliphatic carbocycles. The van der Waals surface area contributed by atoms with Crippen molar-refractivity contribution >= 4 is 23.0 Å². The largest absolute Gasteiger partial charge is 0.339 e. The Labute approximate surface area is 153 Å². The van der Waals surface area contributed by atoms with Gasteiger partial charge in [0.25, 0.3) is 5.91 Å². The topological polar surface area (TPSA) is 51.0 Å². The fourth-order valence-electron chi connectivity index (χ4n) is 3.83. The lowest BCUT2D eigenvalue weighted by atomic mass is 10.00. The van der Waals surface area contributed by atoms with E-state index in [1.54, 1.807) is 6.33 Å². The number of nitrogens with zero attached hydrogens (tertiary/aromatic N) is 4. The molecule has 2 aromatic heterocycles. The lowest BCUT2D eigenvalue weighted by molar-refractivity contribution is 0.0793. The number of hydrogen-bond acceptors (Lipinski definition) is 3. The van der Waals surface area contributed by atoms with Crippen LogP contribution < -0.4 is 0 Å². The Kier molecular flexibility index (Phi) is 4.07. The molecule has 3 heterocycles. The summed E-state index contributed by atoms with van der Waals surface area (Å²) in [4.78, 5) is 23.3. The highest BCUT2D eigenvalue weighted by molar-refractivity contribution is 6.01. The van der Waals surface area contributed by atoms with E-state index in [1.165, 1.54) is 0 Å². The van der Waals surface area contributed by atoms with Crippen LogP contribution in [0, 0.1) is 6.92 Å². The number of rotatable bonds is 3. The minimum Gasteiger partial charge on any atom is -0.339 e. The molecule has 4 rings (SSSR count). The van der Waals surface area contributed by atoms with E-state index in [4.69, 9.17) is 0 Å². The minimum atomic E-state index is 0.121. The fraction of sp³-hybridized carbons (Fsp3) is 0.286. The second-order valence-electron chi connectivity index (χ2n) is 6.76. The molecule has 0 saturated carbocycles. The van der Waals surface area contributed by atoms with E-state index < -0.39 is 0 Å². The fourth-order valence-corrected chi connectivity index (χ4v) is 3.83. The zero-order valence-electron chi connectivity index (χ0n) is 15.2. The van der Waals surface area contributed by atoms with Crippen molar-refractivity contribution in [1.82, 2.24) is 19.4 Å². The van der Waals surface area contributed by atoms with Crippen molar-refractivity contribution < 1.29 is 4.79 Å². The van der Waals surface area contributed by atoms with Crippen molar-refractivity contribution in [1.29, 1.82) is 0 Å². The normalized spacial score (nSPS) is 14.2. The van der Waals surface area contributed by atoms with E-state index in [1.807, 2.05) is 53.8 Å². The third-order valence-electron chi connectivity index (χ3n) is 5.21. The number of hydrogen-bond donors (Lipinski definition) is 0. The SMILES string of the molecule is C=Cc1c(-c2ccc(C(=O)N3CCCC3)cc2)c2c(C)ncnc2n1C. The Hall–Kier alpha value is -2.95. The van der Waals surface area contributed by atoms with Crippen LogP contribution in [-0.2, 0) is 7.05 Å². The van der Waals surface area contributed by atoms with E-state index in [-0.39, 0.29) is 5.91 Å². The maximum absolute atomic E-state index is 12.6. The molecule has 1 aliphatic heterocycles. The monoisotopic (exact) mass is 346 g/mol. The van der Waals surface area contributed by atoms with Crippen molar-refractivity contribution in [3.63, 3.8) is 0 Å². The summed E-state index contributed by atoms with van der Waals surface area (Å²) >= 11 is 0. The predicted molar refractivity (Wildman–Crippen MR) is 104 cm³/mol. The zero-order chi connectivity index (χ0) is 18.3. The van der Waals surface area contributed by atoms with Crippen LogP contribution in [0.1, 0.15) is 34.6 Å². The average Bonchev–Trinajstić information content (AvgIpc) is 3.29. The van der Waals surface area contributed by atoms with Crippen LogP contribution in [0.25, 0.3) is 28.2 Å². The zero-order valence-corrected chi connectivity index (χ0v) is 15.2. The third kappa shape index (κ3) is 2.51. The van der Waals surface area contributed by atoms with Crippen LogP contribution in [0.3, 0.4) is 0 Å². The summed E-state index contributed by atoms with van der Waals surface area (Å²) in [5.74, 6) is 0.121. The Morgan fingerprint density at radius 3 is 2.50 bits per heavy atom. The van der Waals surface area contributed by atoms with Crippen LogP contribution in [0.5, 0.6) is 0 Å². The summed E-state index contributed by atoms with van der Waals surface area (Å²) in [5.41, 5.74) is 5.67. The van der Waals surface area contributed by atoms with Gasteiger partial charge >= 0.3 is 0 Å². The molecule has 26 heavy (non-hydrogen) atoms. The van der Waals surface area contributed by atoms with Gasteiger partial charge in [-0.3, -0.25) is 4.79 Å². The first-order valence-electron chi connectivity index (χ1n) is 8.94. The maximum Gasteiger partial charge on any atom is 0.253 e. The molecule has 1 fully saturated rings. The molecule has 1 amide bonds. The second-order valence-corrected chi connectivity index (χ2v) is 6.76. The number of aromatic nitrogens is 3. The predicted octanol–water partition coefficient (Wildman–Crippen LogP) is 3.82. The van der Waals surface area contributed by atoms with Crippen molar-refractivity contribution in [2.75, 3.05) is 13.1 Å². The van der Waals surface area contributed by atoms with Gasteiger partial charge in [-0.2, -0.15) is 0 Å². The van der Waals surface area contributed by atoms with Crippen molar-refractivity contribution in [3.05, 3.63) is 54.1 Å². The average molecular weight is 346 g/mol. The molecule has 1 aliphatic rings. The number of benzene rings is 1. The Morgan fingerprint density at radius 2 is 1.85 bits per heavy atom. The van der Waals surface area contributed by atoms with E-state index in [9.17, 15) is 4.79 Å². The molecule has 0 unspecified atom stereocenters. The molecule has 1 saturated heterocycles. The molecule has 0 N–H and O–H groups in total. The Balaban J connectivity index is 1.81. The molecule has 132 valence electrons. The number of carbonyl (C=O) groups is 1. The number of carbonyl (C=O) groups excluding carboxylic acids is 1. The summed E-state index contributed by atoms with van der Waals surface area (Å²) in [5, 5.41) is 1.03. The number of aryl methyl sites for hydroxylation is 2. The molecule has 0 spiro atoms. The Bertz CT molecular complexity index is 995. The first-order chi connectivity index (χ1) is 12.6. The lowest BCUT2D eigenvalue weighted by Gasteiger charge is -2.15. The van der Waals surface area contributed by atoms with E-state index in [0.717, 1.165) is 65.0 Å². The molecule has 0 radical (unpaired) electrons. The highest BCUT2D eigenvalue weighted by Crippen LogP contribution is 2.35. The number of likely N-dealkylation sites (tertiary alicyclic amines) is 1. The van der Waals surface area contributed by atoms with E-state index in [2.05, 4.69) is 16.5 Å². The van der Waals surface area contributed by atoms with Crippen molar-refractivity contribution in [3.8, 4) is 11.1 Å². The quantitative estimate of drug-likeness (QED) is 0.724. The van der Waals surface area contributed by atoms with Crippen LogP contribution >= 0.6 is 0 Å². The smallest absolute Gasteiger partial charge is 0.253 e.